The SMILES string of the molecule is CCN=C1C=C/C(=C(/c2ccc(N(CC)CCN)cc2)c2ccc(N(CC)CC)cc2C)c2ccccc21. The minimum atomic E-state index is 0.645. The van der Waals surface area contributed by atoms with Gasteiger partial charge in [0.15, 0.2) is 0 Å². The molecule has 4 rings (SSSR count). The van der Waals surface area contributed by atoms with Gasteiger partial charge in [-0.1, -0.05) is 48.5 Å². The maximum atomic E-state index is 5.87. The van der Waals surface area contributed by atoms with Crippen LogP contribution in [0.15, 0.2) is 83.9 Å². The molecule has 1 aliphatic carbocycles. The Morgan fingerprint density at radius 1 is 0.763 bits per heavy atom. The Labute approximate surface area is 229 Å². The molecule has 3 aromatic rings. The highest BCUT2D eigenvalue weighted by Gasteiger charge is 2.21. The van der Waals surface area contributed by atoms with E-state index in [2.05, 4.69) is 123 Å². The first-order valence-electron chi connectivity index (χ1n) is 14.0. The highest BCUT2D eigenvalue weighted by atomic mass is 15.1. The molecule has 198 valence electrons. The standard InChI is InChI=1S/C34H42N4/c1-6-36-33-21-20-32(30-12-10-11-13-31(30)33)34(26-14-16-27(17-15-26)38(9-4)23-22-35)29-19-18-28(24-25(29)5)37(7-2)8-3/h10-21,24H,6-9,22-23,35H2,1-5H3/b34-32+,36-33?. The highest BCUT2D eigenvalue weighted by molar-refractivity contribution is 6.19. The van der Waals surface area contributed by atoms with E-state index in [0.29, 0.717) is 6.54 Å². The summed E-state index contributed by atoms with van der Waals surface area (Å²) < 4.78 is 0. The first-order valence-corrected chi connectivity index (χ1v) is 14.0. The third-order valence-electron chi connectivity index (χ3n) is 7.41. The molecule has 0 radical (unpaired) electrons. The van der Waals surface area contributed by atoms with E-state index in [9.17, 15) is 0 Å². The van der Waals surface area contributed by atoms with Crippen molar-refractivity contribution in [2.45, 2.75) is 34.6 Å². The quantitative estimate of drug-likeness (QED) is 0.323. The van der Waals surface area contributed by atoms with Crippen LogP contribution in [0.4, 0.5) is 11.4 Å². The van der Waals surface area contributed by atoms with Crippen molar-refractivity contribution in [3.8, 4) is 0 Å². The summed E-state index contributed by atoms with van der Waals surface area (Å²) in [7, 11) is 0. The van der Waals surface area contributed by atoms with Gasteiger partial charge < -0.3 is 15.5 Å². The van der Waals surface area contributed by atoms with Crippen LogP contribution in [-0.4, -0.2) is 45.0 Å². The molecule has 0 heterocycles. The minimum absolute atomic E-state index is 0.645. The molecule has 0 unspecified atom stereocenters. The Hall–Kier alpha value is -3.63. The predicted molar refractivity (Wildman–Crippen MR) is 167 cm³/mol. The van der Waals surface area contributed by atoms with Crippen molar-refractivity contribution in [2.75, 3.05) is 49.1 Å². The molecule has 0 aliphatic heterocycles. The number of nitrogens with zero attached hydrogens (tertiary/aromatic N) is 3. The predicted octanol–water partition coefficient (Wildman–Crippen LogP) is 6.96. The van der Waals surface area contributed by atoms with E-state index < -0.39 is 0 Å². The zero-order valence-corrected chi connectivity index (χ0v) is 23.7. The van der Waals surface area contributed by atoms with Gasteiger partial charge in [-0.05, 0) is 98.4 Å². The van der Waals surface area contributed by atoms with E-state index in [0.717, 1.165) is 38.4 Å². The fraction of sp³-hybridized carbons (Fsp3) is 0.324. The summed E-state index contributed by atoms with van der Waals surface area (Å²) in [5.41, 5.74) is 18.0. The number of aliphatic imine (C=N–C) groups is 1. The van der Waals surface area contributed by atoms with E-state index in [1.165, 1.54) is 50.3 Å². The van der Waals surface area contributed by atoms with E-state index in [-0.39, 0.29) is 0 Å². The lowest BCUT2D eigenvalue weighted by atomic mass is 9.82. The summed E-state index contributed by atoms with van der Waals surface area (Å²) in [5.74, 6) is 0. The molecule has 0 saturated heterocycles. The van der Waals surface area contributed by atoms with Gasteiger partial charge in [0, 0.05) is 56.2 Å². The molecule has 0 spiro atoms. The van der Waals surface area contributed by atoms with Crippen molar-refractivity contribution in [1.82, 2.24) is 0 Å². The van der Waals surface area contributed by atoms with Gasteiger partial charge in [0.1, 0.15) is 0 Å². The van der Waals surface area contributed by atoms with Crippen LogP contribution in [-0.2, 0) is 0 Å². The Morgan fingerprint density at radius 3 is 2.03 bits per heavy atom. The number of rotatable bonds is 10. The van der Waals surface area contributed by atoms with Crippen molar-refractivity contribution in [1.29, 1.82) is 0 Å². The molecule has 38 heavy (non-hydrogen) atoms. The van der Waals surface area contributed by atoms with Gasteiger partial charge in [-0.15, -0.1) is 0 Å². The van der Waals surface area contributed by atoms with Crippen LogP contribution < -0.4 is 15.5 Å². The van der Waals surface area contributed by atoms with Crippen LogP contribution in [0.1, 0.15) is 55.5 Å². The highest BCUT2D eigenvalue weighted by Crippen LogP contribution is 2.39. The molecule has 0 fully saturated rings. The number of nitrogens with two attached hydrogens (primary N) is 1. The lowest BCUT2D eigenvalue weighted by Crippen LogP contribution is -2.28. The van der Waals surface area contributed by atoms with Crippen LogP contribution in [0.2, 0.25) is 0 Å². The van der Waals surface area contributed by atoms with E-state index in [1.54, 1.807) is 0 Å². The van der Waals surface area contributed by atoms with Crippen LogP contribution in [0, 0.1) is 6.92 Å². The Morgan fingerprint density at radius 2 is 1.42 bits per heavy atom. The molecule has 1 aliphatic rings. The summed E-state index contributed by atoms with van der Waals surface area (Å²) in [6.45, 7) is 16.1. The maximum absolute atomic E-state index is 5.87. The monoisotopic (exact) mass is 506 g/mol. The number of hydrogen-bond acceptors (Lipinski definition) is 4. The molecule has 0 saturated carbocycles. The Bertz CT molecular complexity index is 1330. The molecule has 3 aromatic carbocycles. The molecule has 0 atom stereocenters. The lowest BCUT2D eigenvalue weighted by molar-refractivity contribution is 0.817. The summed E-state index contributed by atoms with van der Waals surface area (Å²) in [6.07, 6.45) is 4.43. The normalized spacial score (nSPS) is 14.9. The maximum Gasteiger partial charge on any atom is 0.0652 e. The van der Waals surface area contributed by atoms with Gasteiger partial charge in [0.05, 0.1) is 5.71 Å². The molecule has 4 heteroatoms. The van der Waals surface area contributed by atoms with Crippen LogP contribution in [0.5, 0.6) is 0 Å². The average molecular weight is 507 g/mol. The van der Waals surface area contributed by atoms with Gasteiger partial charge in [-0.25, -0.2) is 0 Å². The number of aryl methyl sites for hydroxylation is 1. The van der Waals surface area contributed by atoms with Crippen LogP contribution in [0.25, 0.3) is 11.1 Å². The largest absolute Gasteiger partial charge is 0.372 e. The van der Waals surface area contributed by atoms with Gasteiger partial charge in [-0.3, -0.25) is 4.99 Å². The summed E-state index contributed by atoms with van der Waals surface area (Å²) in [6, 6.07) is 24.6. The number of allylic oxidation sites excluding steroid dienone is 3. The fourth-order valence-corrected chi connectivity index (χ4v) is 5.44. The summed E-state index contributed by atoms with van der Waals surface area (Å²) in [4.78, 5) is 9.50. The topological polar surface area (TPSA) is 44.9 Å². The van der Waals surface area contributed by atoms with Gasteiger partial charge in [-0.2, -0.15) is 0 Å². The molecule has 0 aromatic heterocycles. The lowest BCUT2D eigenvalue weighted by Gasteiger charge is -2.25. The first kappa shape index (κ1) is 27.4. The third-order valence-corrected chi connectivity index (χ3v) is 7.41. The van der Waals surface area contributed by atoms with Crippen LogP contribution >= 0.6 is 0 Å². The zero-order valence-electron chi connectivity index (χ0n) is 23.7. The number of anilines is 2. The fourth-order valence-electron chi connectivity index (χ4n) is 5.44. The van der Waals surface area contributed by atoms with E-state index in [4.69, 9.17) is 10.7 Å². The second-order valence-electron chi connectivity index (χ2n) is 9.61. The summed E-state index contributed by atoms with van der Waals surface area (Å²) >= 11 is 0. The Kier molecular flexibility index (Phi) is 9.19. The third kappa shape index (κ3) is 5.61. The molecule has 4 nitrogen and oxygen atoms in total. The number of hydrogen-bond donors (Lipinski definition) is 1. The van der Waals surface area contributed by atoms with Crippen molar-refractivity contribution < 1.29 is 0 Å². The summed E-state index contributed by atoms with van der Waals surface area (Å²) in [5, 5.41) is 0. The minimum Gasteiger partial charge on any atom is -0.372 e. The van der Waals surface area contributed by atoms with Gasteiger partial charge in [0.2, 0.25) is 0 Å². The second-order valence-corrected chi connectivity index (χ2v) is 9.61. The molecule has 2 N–H and O–H groups in total. The molecular weight excluding hydrogens is 464 g/mol. The molecule has 0 amide bonds. The van der Waals surface area contributed by atoms with Crippen molar-refractivity contribution in [3.63, 3.8) is 0 Å². The first-order chi connectivity index (χ1) is 18.6. The number of fused-ring (bicyclic) bond motifs is 1. The van der Waals surface area contributed by atoms with E-state index >= 15 is 0 Å². The van der Waals surface area contributed by atoms with Gasteiger partial charge >= 0.3 is 0 Å². The Balaban J connectivity index is 1.94. The number of benzene rings is 3. The molecular formula is C34H42N4. The second kappa shape index (κ2) is 12.7. The number of likely N-dealkylation sites (N-methyl/N-ethyl adjacent to an activating group) is 1. The van der Waals surface area contributed by atoms with E-state index in [1.807, 2.05) is 0 Å². The van der Waals surface area contributed by atoms with Gasteiger partial charge in [0.25, 0.3) is 0 Å². The van der Waals surface area contributed by atoms with Crippen molar-refractivity contribution >= 4 is 28.2 Å². The van der Waals surface area contributed by atoms with Crippen molar-refractivity contribution in [2.24, 2.45) is 10.7 Å². The van der Waals surface area contributed by atoms with Crippen molar-refractivity contribution in [3.05, 3.63) is 107 Å². The smallest absolute Gasteiger partial charge is 0.0652 e. The molecule has 0 bridgehead atoms. The van der Waals surface area contributed by atoms with Crippen LogP contribution in [0.3, 0.4) is 0 Å². The zero-order chi connectivity index (χ0) is 27.1. The average Bonchev–Trinajstić information content (AvgIpc) is 2.95.